The number of ether oxygens (including phenoxy) is 1. The first-order chi connectivity index (χ1) is 6.63. The third-order valence-corrected chi connectivity index (χ3v) is 3.09. The first kappa shape index (κ1) is 11.4. The van der Waals surface area contributed by atoms with Gasteiger partial charge in [0.25, 0.3) is 0 Å². The zero-order chi connectivity index (χ0) is 10.6. The van der Waals surface area contributed by atoms with Crippen molar-refractivity contribution in [2.24, 2.45) is 0 Å². The molecule has 5 heteroatoms. The largest absolute Gasteiger partial charge is 0.468 e. The van der Waals surface area contributed by atoms with Gasteiger partial charge in [-0.2, -0.15) is 0 Å². The maximum absolute atomic E-state index is 10.9. The maximum Gasteiger partial charge on any atom is 0.315 e. The Morgan fingerprint density at radius 2 is 2.36 bits per heavy atom. The summed E-state index contributed by atoms with van der Waals surface area (Å²) in [6.07, 6.45) is 0. The van der Waals surface area contributed by atoms with Crippen LogP contribution < -0.4 is 5.73 Å². The van der Waals surface area contributed by atoms with Gasteiger partial charge in [-0.25, -0.2) is 0 Å². The first-order valence-electron chi connectivity index (χ1n) is 3.88. The highest BCUT2D eigenvalue weighted by molar-refractivity contribution is 9.10. The average Bonchev–Trinajstić information content (AvgIpc) is 2.19. The van der Waals surface area contributed by atoms with Gasteiger partial charge < -0.3 is 10.5 Å². The highest BCUT2D eigenvalue weighted by Gasteiger charge is 2.05. The molecule has 0 fully saturated rings. The van der Waals surface area contributed by atoms with Gasteiger partial charge in [0.2, 0.25) is 0 Å². The minimum Gasteiger partial charge on any atom is -0.468 e. The van der Waals surface area contributed by atoms with Gasteiger partial charge >= 0.3 is 5.97 Å². The molecule has 3 nitrogen and oxygen atoms in total. The summed E-state index contributed by atoms with van der Waals surface area (Å²) in [6.45, 7) is 0. The summed E-state index contributed by atoms with van der Waals surface area (Å²) in [5.41, 5.74) is 6.39. The van der Waals surface area contributed by atoms with Crippen molar-refractivity contribution in [2.75, 3.05) is 18.6 Å². The van der Waals surface area contributed by atoms with Gasteiger partial charge in [0, 0.05) is 15.1 Å². The van der Waals surface area contributed by atoms with Crippen molar-refractivity contribution < 1.29 is 9.53 Å². The molecule has 2 N–H and O–H groups in total. The Bertz CT molecular complexity index is 344. The molecule has 0 bridgehead atoms. The molecule has 76 valence electrons. The van der Waals surface area contributed by atoms with Gasteiger partial charge in [0.15, 0.2) is 0 Å². The van der Waals surface area contributed by atoms with Gasteiger partial charge in [-0.3, -0.25) is 4.79 Å². The molecule has 0 aromatic heterocycles. The van der Waals surface area contributed by atoms with Crippen molar-refractivity contribution in [1.29, 1.82) is 0 Å². The second-order valence-corrected chi connectivity index (χ2v) is 4.48. The third kappa shape index (κ3) is 3.23. The van der Waals surface area contributed by atoms with Crippen LogP contribution in [0.2, 0.25) is 0 Å². The predicted molar refractivity (Wildman–Crippen MR) is 61.3 cm³/mol. The quantitative estimate of drug-likeness (QED) is 0.523. The number of carbonyl (C=O) groups excluding carboxylic acids is 1. The van der Waals surface area contributed by atoms with E-state index in [-0.39, 0.29) is 11.7 Å². The molecule has 0 heterocycles. The zero-order valence-electron chi connectivity index (χ0n) is 7.62. The molecule has 0 aliphatic rings. The number of nitrogens with two attached hydrogens (primary N) is 1. The summed E-state index contributed by atoms with van der Waals surface area (Å²) < 4.78 is 5.47. The molecule has 0 saturated carbocycles. The minimum absolute atomic E-state index is 0.255. The van der Waals surface area contributed by atoms with E-state index in [9.17, 15) is 4.79 Å². The molecule has 0 amide bonds. The molecule has 0 spiro atoms. The minimum atomic E-state index is -0.255. The topological polar surface area (TPSA) is 52.3 Å². The van der Waals surface area contributed by atoms with Gasteiger partial charge in [-0.15, -0.1) is 11.8 Å². The van der Waals surface area contributed by atoms with E-state index >= 15 is 0 Å². The number of carbonyl (C=O) groups is 1. The molecule has 0 saturated heterocycles. The summed E-state index contributed by atoms with van der Waals surface area (Å²) in [7, 11) is 1.37. The van der Waals surface area contributed by atoms with Crippen LogP contribution in [0, 0.1) is 0 Å². The van der Waals surface area contributed by atoms with E-state index in [1.165, 1.54) is 18.9 Å². The van der Waals surface area contributed by atoms with E-state index in [1.54, 1.807) is 6.07 Å². The number of nitrogen functional groups attached to an aromatic ring is 1. The summed E-state index contributed by atoms with van der Waals surface area (Å²) in [6, 6.07) is 5.53. The summed E-state index contributed by atoms with van der Waals surface area (Å²) in [5, 5.41) is 0. The Kier molecular flexibility index (Phi) is 4.28. The van der Waals surface area contributed by atoms with Gasteiger partial charge in [0.1, 0.15) is 0 Å². The Hall–Kier alpha value is -0.680. The number of esters is 1. The number of hydrogen-bond donors (Lipinski definition) is 1. The van der Waals surface area contributed by atoms with E-state index in [0.717, 1.165) is 9.37 Å². The summed E-state index contributed by atoms with van der Waals surface area (Å²) in [4.78, 5) is 11.8. The lowest BCUT2D eigenvalue weighted by Gasteiger charge is -2.04. The van der Waals surface area contributed by atoms with Crippen LogP contribution in [0.25, 0.3) is 0 Å². The van der Waals surface area contributed by atoms with Crippen LogP contribution in [0.15, 0.2) is 27.6 Å². The smallest absolute Gasteiger partial charge is 0.315 e. The van der Waals surface area contributed by atoms with Crippen LogP contribution in [0.1, 0.15) is 0 Å². The second kappa shape index (κ2) is 5.26. The van der Waals surface area contributed by atoms with E-state index in [4.69, 9.17) is 5.73 Å². The van der Waals surface area contributed by atoms with Crippen LogP contribution >= 0.6 is 27.7 Å². The molecule has 0 unspecified atom stereocenters. The van der Waals surface area contributed by atoms with Crippen molar-refractivity contribution in [3.05, 3.63) is 22.7 Å². The number of hydrogen-bond acceptors (Lipinski definition) is 4. The van der Waals surface area contributed by atoms with Crippen LogP contribution in [0.4, 0.5) is 5.69 Å². The number of benzene rings is 1. The van der Waals surface area contributed by atoms with Crippen molar-refractivity contribution >= 4 is 39.3 Å². The lowest BCUT2D eigenvalue weighted by molar-refractivity contribution is -0.137. The first-order valence-corrected chi connectivity index (χ1v) is 5.66. The zero-order valence-corrected chi connectivity index (χ0v) is 10.0. The molecule has 0 atom stereocenters. The molecule has 1 aromatic rings. The Labute approximate surface area is 95.1 Å². The summed E-state index contributed by atoms with van der Waals surface area (Å²) in [5.74, 6) is 0.0197. The normalized spacial score (nSPS) is 9.86. The fraction of sp³-hybridized carbons (Fsp3) is 0.222. The molecular formula is C9H10BrNO2S. The lowest BCUT2D eigenvalue weighted by atomic mass is 10.3. The summed E-state index contributed by atoms with van der Waals surface area (Å²) >= 11 is 4.70. The molecule has 14 heavy (non-hydrogen) atoms. The number of halogens is 1. The molecular weight excluding hydrogens is 266 g/mol. The molecule has 0 aliphatic carbocycles. The van der Waals surface area contributed by atoms with Crippen LogP contribution in [-0.4, -0.2) is 18.8 Å². The predicted octanol–water partition coefficient (Wildman–Crippen LogP) is 2.30. The van der Waals surface area contributed by atoms with Gasteiger partial charge in [0.05, 0.1) is 12.9 Å². The Morgan fingerprint density at radius 3 is 3.00 bits per heavy atom. The number of anilines is 1. The van der Waals surface area contributed by atoms with E-state index in [2.05, 4.69) is 20.7 Å². The van der Waals surface area contributed by atoms with Gasteiger partial charge in [-0.1, -0.05) is 15.9 Å². The molecule has 1 aromatic carbocycles. The van der Waals surface area contributed by atoms with Crippen molar-refractivity contribution in [3.8, 4) is 0 Å². The van der Waals surface area contributed by atoms with Crippen molar-refractivity contribution in [2.45, 2.75) is 4.90 Å². The van der Waals surface area contributed by atoms with Crippen LogP contribution in [0.5, 0.6) is 0 Å². The fourth-order valence-corrected chi connectivity index (χ4v) is 2.18. The molecule has 0 radical (unpaired) electrons. The lowest BCUT2D eigenvalue weighted by Crippen LogP contribution is -2.03. The number of thioether (sulfide) groups is 1. The van der Waals surface area contributed by atoms with Gasteiger partial charge in [-0.05, 0) is 18.2 Å². The van der Waals surface area contributed by atoms with Crippen LogP contribution in [0.3, 0.4) is 0 Å². The van der Waals surface area contributed by atoms with Crippen molar-refractivity contribution in [3.63, 3.8) is 0 Å². The van der Waals surface area contributed by atoms with E-state index < -0.39 is 0 Å². The van der Waals surface area contributed by atoms with Crippen molar-refractivity contribution in [1.82, 2.24) is 0 Å². The monoisotopic (exact) mass is 275 g/mol. The van der Waals surface area contributed by atoms with Crippen LogP contribution in [-0.2, 0) is 9.53 Å². The molecule has 0 aliphatic heterocycles. The standard InChI is InChI=1S/C9H10BrNO2S/c1-13-9(12)5-14-8-4-6(10)2-3-7(8)11/h2-4H,5,11H2,1H3. The highest BCUT2D eigenvalue weighted by atomic mass is 79.9. The van der Waals surface area contributed by atoms with E-state index in [0.29, 0.717) is 5.69 Å². The van der Waals surface area contributed by atoms with E-state index in [1.807, 2.05) is 12.1 Å². The highest BCUT2D eigenvalue weighted by Crippen LogP contribution is 2.28. The SMILES string of the molecule is COC(=O)CSc1cc(Br)ccc1N. The second-order valence-electron chi connectivity index (χ2n) is 2.55. The Morgan fingerprint density at radius 1 is 1.64 bits per heavy atom. The maximum atomic E-state index is 10.9. The third-order valence-electron chi connectivity index (χ3n) is 1.55. The Balaban J connectivity index is 2.66. The fourth-order valence-electron chi connectivity index (χ4n) is 0.829. The average molecular weight is 276 g/mol. The molecule has 1 rings (SSSR count). The number of methoxy groups -OCH3 is 1. The number of rotatable bonds is 3.